The number of benzene rings is 2. The van der Waals surface area contributed by atoms with Gasteiger partial charge in [0.1, 0.15) is 18.9 Å². The highest BCUT2D eigenvalue weighted by molar-refractivity contribution is 6.30. The summed E-state index contributed by atoms with van der Waals surface area (Å²) in [6.45, 7) is 2.99. The second kappa shape index (κ2) is 7.78. The van der Waals surface area contributed by atoms with E-state index in [0.717, 1.165) is 16.9 Å². The first-order chi connectivity index (χ1) is 13.6. The molecule has 1 aliphatic rings. The maximum atomic E-state index is 12.6. The number of aromatic nitrogens is 1. The normalized spacial score (nSPS) is 12.4. The summed E-state index contributed by atoms with van der Waals surface area (Å²) in [5.41, 5.74) is 3.56. The second-order valence-corrected chi connectivity index (χ2v) is 6.76. The molecule has 1 aromatic heterocycles. The van der Waals surface area contributed by atoms with Gasteiger partial charge < -0.3 is 20.1 Å². The lowest BCUT2D eigenvalue weighted by atomic mass is 10.2. The Labute approximate surface area is 167 Å². The molecule has 0 atom stereocenters. The van der Waals surface area contributed by atoms with Crippen molar-refractivity contribution in [3.05, 3.63) is 71.0 Å². The second-order valence-electron chi connectivity index (χ2n) is 6.33. The third-order valence-corrected chi connectivity index (χ3v) is 4.51. The van der Waals surface area contributed by atoms with E-state index in [1.165, 1.54) is 0 Å². The number of anilines is 3. The quantitative estimate of drug-likeness (QED) is 0.663. The molecule has 3 aromatic rings. The summed E-state index contributed by atoms with van der Waals surface area (Å²) >= 11 is 6.07. The number of hydrogen-bond acceptors (Lipinski definition) is 5. The van der Waals surface area contributed by atoms with E-state index in [1.54, 1.807) is 36.5 Å². The van der Waals surface area contributed by atoms with Crippen LogP contribution in [-0.4, -0.2) is 24.1 Å². The largest absolute Gasteiger partial charge is 0.486 e. The number of pyridine rings is 1. The van der Waals surface area contributed by atoms with Crippen molar-refractivity contribution in [2.75, 3.05) is 23.8 Å². The molecule has 2 aromatic carbocycles. The van der Waals surface area contributed by atoms with Gasteiger partial charge in [0.05, 0.1) is 0 Å². The number of ether oxygens (including phenoxy) is 2. The SMILES string of the molecule is Cc1ccc(Cl)cc1Nc1ccnc(C(=O)Nc2ccc3c(c2)OCCO3)c1. The van der Waals surface area contributed by atoms with Crippen molar-refractivity contribution in [2.24, 2.45) is 0 Å². The lowest BCUT2D eigenvalue weighted by molar-refractivity contribution is 0.102. The van der Waals surface area contributed by atoms with Crippen LogP contribution in [0.25, 0.3) is 0 Å². The average Bonchev–Trinajstić information content (AvgIpc) is 2.71. The Morgan fingerprint density at radius 1 is 1.00 bits per heavy atom. The van der Waals surface area contributed by atoms with Crippen molar-refractivity contribution < 1.29 is 14.3 Å². The van der Waals surface area contributed by atoms with Gasteiger partial charge in [-0.1, -0.05) is 17.7 Å². The summed E-state index contributed by atoms with van der Waals surface area (Å²) < 4.78 is 11.0. The van der Waals surface area contributed by atoms with Gasteiger partial charge in [-0.15, -0.1) is 0 Å². The monoisotopic (exact) mass is 395 g/mol. The molecule has 0 fully saturated rings. The molecule has 0 unspecified atom stereocenters. The Bertz CT molecular complexity index is 1040. The third-order valence-electron chi connectivity index (χ3n) is 4.27. The minimum Gasteiger partial charge on any atom is -0.486 e. The van der Waals surface area contributed by atoms with Crippen LogP contribution >= 0.6 is 11.6 Å². The van der Waals surface area contributed by atoms with Crippen LogP contribution in [0.5, 0.6) is 11.5 Å². The number of amides is 1. The fourth-order valence-corrected chi connectivity index (χ4v) is 3.01. The van der Waals surface area contributed by atoms with Crippen molar-refractivity contribution in [3.63, 3.8) is 0 Å². The summed E-state index contributed by atoms with van der Waals surface area (Å²) in [5.74, 6) is 0.970. The molecule has 0 spiro atoms. The Hall–Kier alpha value is -3.25. The number of nitrogens with zero attached hydrogens (tertiary/aromatic N) is 1. The first-order valence-electron chi connectivity index (χ1n) is 8.79. The predicted octanol–water partition coefficient (Wildman–Crippen LogP) is 4.81. The van der Waals surface area contributed by atoms with Gasteiger partial charge in [-0.3, -0.25) is 9.78 Å². The van der Waals surface area contributed by atoms with Gasteiger partial charge in [0, 0.05) is 34.3 Å². The fraction of sp³-hybridized carbons (Fsp3) is 0.143. The Morgan fingerprint density at radius 2 is 1.82 bits per heavy atom. The zero-order chi connectivity index (χ0) is 19.5. The Balaban J connectivity index is 1.51. The average molecular weight is 396 g/mol. The van der Waals surface area contributed by atoms with Gasteiger partial charge >= 0.3 is 0 Å². The van der Waals surface area contributed by atoms with Crippen LogP contribution < -0.4 is 20.1 Å². The number of hydrogen-bond donors (Lipinski definition) is 2. The van der Waals surface area contributed by atoms with Gasteiger partial charge in [0.2, 0.25) is 0 Å². The van der Waals surface area contributed by atoms with Crippen LogP contribution in [0, 0.1) is 6.92 Å². The maximum absolute atomic E-state index is 12.6. The van der Waals surface area contributed by atoms with Crippen LogP contribution in [0.2, 0.25) is 5.02 Å². The summed E-state index contributed by atoms with van der Waals surface area (Å²) in [5, 5.41) is 6.74. The number of rotatable bonds is 4. The molecule has 1 aliphatic heterocycles. The predicted molar refractivity (Wildman–Crippen MR) is 109 cm³/mol. The zero-order valence-electron chi connectivity index (χ0n) is 15.2. The molecule has 2 N–H and O–H groups in total. The molecule has 4 rings (SSSR count). The number of halogens is 1. The number of aryl methyl sites for hydroxylation is 1. The van der Waals surface area contributed by atoms with E-state index in [4.69, 9.17) is 21.1 Å². The smallest absolute Gasteiger partial charge is 0.274 e. The minimum absolute atomic E-state index is 0.291. The summed E-state index contributed by atoms with van der Waals surface area (Å²) in [6, 6.07) is 14.4. The topological polar surface area (TPSA) is 72.5 Å². The molecule has 142 valence electrons. The van der Waals surface area contributed by atoms with Crippen molar-refractivity contribution in [3.8, 4) is 11.5 Å². The van der Waals surface area contributed by atoms with Gasteiger partial charge in [-0.25, -0.2) is 0 Å². The lowest BCUT2D eigenvalue weighted by Gasteiger charge is -2.19. The van der Waals surface area contributed by atoms with Gasteiger partial charge in [0.15, 0.2) is 11.5 Å². The molecule has 0 saturated carbocycles. The van der Waals surface area contributed by atoms with Gasteiger partial charge in [-0.2, -0.15) is 0 Å². The van der Waals surface area contributed by atoms with E-state index in [1.807, 2.05) is 25.1 Å². The summed E-state index contributed by atoms with van der Waals surface area (Å²) in [4.78, 5) is 16.8. The Kier molecular flexibility index (Phi) is 5.04. The number of fused-ring (bicyclic) bond motifs is 1. The van der Waals surface area contributed by atoms with Gasteiger partial charge in [0.25, 0.3) is 5.91 Å². The maximum Gasteiger partial charge on any atom is 0.274 e. The van der Waals surface area contributed by atoms with E-state index in [-0.39, 0.29) is 5.91 Å². The number of nitrogens with one attached hydrogen (secondary N) is 2. The molecular formula is C21H18ClN3O3. The van der Waals surface area contributed by atoms with E-state index in [2.05, 4.69) is 15.6 Å². The van der Waals surface area contributed by atoms with Crippen LogP contribution in [0.3, 0.4) is 0 Å². The van der Waals surface area contributed by atoms with Crippen LogP contribution in [0.15, 0.2) is 54.7 Å². The van der Waals surface area contributed by atoms with Crippen molar-refractivity contribution in [1.82, 2.24) is 4.98 Å². The van der Waals surface area contributed by atoms with E-state index >= 15 is 0 Å². The van der Waals surface area contributed by atoms with Crippen LogP contribution in [-0.2, 0) is 0 Å². The van der Waals surface area contributed by atoms with Crippen LogP contribution in [0.1, 0.15) is 16.1 Å². The molecule has 28 heavy (non-hydrogen) atoms. The molecule has 6 nitrogen and oxygen atoms in total. The van der Waals surface area contributed by atoms with Crippen molar-refractivity contribution in [1.29, 1.82) is 0 Å². The molecular weight excluding hydrogens is 378 g/mol. The molecule has 0 radical (unpaired) electrons. The van der Waals surface area contributed by atoms with E-state index in [9.17, 15) is 4.79 Å². The highest BCUT2D eigenvalue weighted by Gasteiger charge is 2.14. The van der Waals surface area contributed by atoms with Gasteiger partial charge in [-0.05, 0) is 48.9 Å². The first-order valence-corrected chi connectivity index (χ1v) is 9.16. The molecule has 2 heterocycles. The molecule has 1 amide bonds. The standard InChI is InChI=1S/C21H18ClN3O3/c1-13-2-3-14(22)10-17(13)24-16-6-7-23-18(11-16)21(26)25-15-4-5-19-20(12-15)28-9-8-27-19/h2-7,10-12H,8-9H2,1H3,(H,23,24)(H,25,26). The molecule has 0 aliphatic carbocycles. The van der Waals surface area contributed by atoms with Crippen molar-refractivity contribution in [2.45, 2.75) is 6.92 Å². The van der Waals surface area contributed by atoms with Crippen molar-refractivity contribution >= 4 is 34.6 Å². The highest BCUT2D eigenvalue weighted by Crippen LogP contribution is 2.32. The molecule has 0 saturated heterocycles. The number of carbonyl (C=O) groups is 1. The third kappa shape index (κ3) is 4.02. The van der Waals surface area contributed by atoms with Crippen LogP contribution in [0.4, 0.5) is 17.1 Å². The zero-order valence-corrected chi connectivity index (χ0v) is 15.9. The summed E-state index contributed by atoms with van der Waals surface area (Å²) in [6.07, 6.45) is 1.58. The first kappa shape index (κ1) is 18.1. The Morgan fingerprint density at radius 3 is 2.68 bits per heavy atom. The molecule has 7 heteroatoms. The highest BCUT2D eigenvalue weighted by atomic mass is 35.5. The minimum atomic E-state index is -0.317. The molecule has 0 bridgehead atoms. The fourth-order valence-electron chi connectivity index (χ4n) is 2.83. The number of carbonyl (C=O) groups excluding carboxylic acids is 1. The van der Waals surface area contributed by atoms with E-state index in [0.29, 0.717) is 41.1 Å². The lowest BCUT2D eigenvalue weighted by Crippen LogP contribution is -2.17. The summed E-state index contributed by atoms with van der Waals surface area (Å²) in [7, 11) is 0. The van der Waals surface area contributed by atoms with E-state index < -0.39 is 0 Å².